The second-order valence-corrected chi connectivity index (χ2v) is 6.27. The van der Waals surface area contributed by atoms with E-state index in [2.05, 4.69) is 21.2 Å². The maximum Gasteiger partial charge on any atom is 0.224 e. The molecule has 0 unspecified atom stereocenters. The molecule has 0 aliphatic rings. The number of benzene rings is 2. The predicted molar refractivity (Wildman–Crippen MR) is 92.5 cm³/mol. The van der Waals surface area contributed by atoms with Crippen LogP contribution in [0.3, 0.4) is 0 Å². The fraction of sp³-hybridized carbons (Fsp3) is 0.235. The number of hydrogen-bond acceptors (Lipinski definition) is 2. The number of halogens is 2. The molecule has 0 saturated carbocycles. The summed E-state index contributed by atoms with van der Waals surface area (Å²) in [6, 6.07) is 13.2. The largest absolute Gasteiger partial charge is 0.491 e. The van der Waals surface area contributed by atoms with Gasteiger partial charge in [0.05, 0.1) is 13.0 Å². The zero-order chi connectivity index (χ0) is 15.9. The number of aryl methyl sites for hydroxylation is 1. The highest BCUT2D eigenvalue weighted by molar-refractivity contribution is 9.10. The van der Waals surface area contributed by atoms with Gasteiger partial charge in [-0.15, -0.1) is 0 Å². The molecule has 116 valence electrons. The van der Waals surface area contributed by atoms with Crippen molar-refractivity contribution in [2.24, 2.45) is 0 Å². The third-order valence-electron chi connectivity index (χ3n) is 3.07. The Kier molecular flexibility index (Phi) is 6.28. The Morgan fingerprint density at radius 2 is 2.09 bits per heavy atom. The summed E-state index contributed by atoms with van der Waals surface area (Å²) in [6.45, 7) is 2.83. The second kappa shape index (κ2) is 8.20. The molecule has 0 atom stereocenters. The number of rotatable bonds is 6. The molecule has 0 fully saturated rings. The van der Waals surface area contributed by atoms with E-state index in [9.17, 15) is 4.79 Å². The summed E-state index contributed by atoms with van der Waals surface area (Å²) in [5, 5.41) is 3.53. The Labute approximate surface area is 143 Å². The van der Waals surface area contributed by atoms with Crippen LogP contribution in [-0.4, -0.2) is 19.1 Å². The lowest BCUT2D eigenvalue weighted by molar-refractivity contribution is -0.120. The van der Waals surface area contributed by atoms with Crippen molar-refractivity contribution in [1.29, 1.82) is 0 Å². The lowest BCUT2D eigenvalue weighted by Gasteiger charge is -2.10. The topological polar surface area (TPSA) is 38.3 Å². The van der Waals surface area contributed by atoms with Crippen LogP contribution in [0.2, 0.25) is 5.02 Å². The molecule has 22 heavy (non-hydrogen) atoms. The monoisotopic (exact) mass is 381 g/mol. The van der Waals surface area contributed by atoms with Crippen LogP contribution in [-0.2, 0) is 11.2 Å². The first-order valence-corrected chi connectivity index (χ1v) is 8.12. The lowest BCUT2D eigenvalue weighted by atomic mass is 10.1. The fourth-order valence-electron chi connectivity index (χ4n) is 2.02. The van der Waals surface area contributed by atoms with Crippen molar-refractivity contribution in [3.8, 4) is 5.75 Å². The van der Waals surface area contributed by atoms with Gasteiger partial charge in [0.2, 0.25) is 5.91 Å². The summed E-state index contributed by atoms with van der Waals surface area (Å²) in [7, 11) is 0. The fourth-order valence-corrected chi connectivity index (χ4v) is 2.69. The zero-order valence-electron chi connectivity index (χ0n) is 12.2. The highest BCUT2D eigenvalue weighted by Crippen LogP contribution is 2.21. The quantitative estimate of drug-likeness (QED) is 0.762. The minimum absolute atomic E-state index is 0.0190. The van der Waals surface area contributed by atoms with Crippen LogP contribution in [0.15, 0.2) is 46.9 Å². The number of amides is 1. The summed E-state index contributed by atoms with van der Waals surface area (Å²) in [5.41, 5.74) is 1.95. The molecule has 0 aromatic heterocycles. The Hall–Kier alpha value is -1.52. The van der Waals surface area contributed by atoms with Crippen molar-refractivity contribution >= 4 is 33.4 Å². The molecular weight excluding hydrogens is 366 g/mol. The molecule has 0 aliphatic heterocycles. The molecule has 0 radical (unpaired) electrons. The van der Waals surface area contributed by atoms with Crippen molar-refractivity contribution in [1.82, 2.24) is 5.32 Å². The SMILES string of the molecule is Cc1cc(Cl)ccc1OCCNC(=O)Cc1cccc(Br)c1. The maximum absolute atomic E-state index is 11.8. The van der Waals surface area contributed by atoms with E-state index in [-0.39, 0.29) is 5.91 Å². The van der Waals surface area contributed by atoms with E-state index in [0.717, 1.165) is 21.3 Å². The van der Waals surface area contributed by atoms with Crippen LogP contribution in [0.25, 0.3) is 0 Å². The summed E-state index contributed by atoms with van der Waals surface area (Å²) < 4.78 is 6.60. The molecule has 0 saturated heterocycles. The maximum atomic E-state index is 11.8. The van der Waals surface area contributed by atoms with Gasteiger partial charge in [0.25, 0.3) is 0 Å². The van der Waals surface area contributed by atoms with Crippen LogP contribution in [0.5, 0.6) is 5.75 Å². The molecule has 1 amide bonds. The molecule has 2 aromatic carbocycles. The molecular formula is C17H17BrClNO2. The molecule has 0 bridgehead atoms. The first kappa shape index (κ1) is 16.8. The minimum atomic E-state index is -0.0190. The standard InChI is InChI=1S/C17H17BrClNO2/c1-12-9-15(19)5-6-16(12)22-8-7-20-17(21)11-13-3-2-4-14(18)10-13/h2-6,9-10H,7-8,11H2,1H3,(H,20,21). The zero-order valence-corrected chi connectivity index (χ0v) is 14.6. The van der Waals surface area contributed by atoms with E-state index in [1.807, 2.05) is 43.3 Å². The van der Waals surface area contributed by atoms with Gasteiger partial charge in [-0.3, -0.25) is 4.79 Å². The minimum Gasteiger partial charge on any atom is -0.491 e. The number of carbonyl (C=O) groups is 1. The Morgan fingerprint density at radius 3 is 2.82 bits per heavy atom. The van der Waals surface area contributed by atoms with Crippen LogP contribution in [0, 0.1) is 6.92 Å². The van der Waals surface area contributed by atoms with Gasteiger partial charge >= 0.3 is 0 Å². The van der Waals surface area contributed by atoms with E-state index in [1.54, 1.807) is 6.07 Å². The molecule has 0 aliphatic carbocycles. The van der Waals surface area contributed by atoms with Gasteiger partial charge < -0.3 is 10.1 Å². The van der Waals surface area contributed by atoms with Gasteiger partial charge in [-0.05, 0) is 48.4 Å². The van der Waals surface area contributed by atoms with Crippen LogP contribution < -0.4 is 10.1 Å². The van der Waals surface area contributed by atoms with Gasteiger partial charge in [-0.25, -0.2) is 0 Å². The van der Waals surface area contributed by atoms with Crippen molar-refractivity contribution in [2.75, 3.05) is 13.2 Å². The molecule has 1 N–H and O–H groups in total. The molecule has 3 nitrogen and oxygen atoms in total. The highest BCUT2D eigenvalue weighted by atomic mass is 79.9. The Balaban J connectivity index is 1.73. The predicted octanol–water partition coefficient (Wildman–Crippen LogP) is 4.15. The van der Waals surface area contributed by atoms with Crippen molar-refractivity contribution in [3.05, 3.63) is 63.1 Å². The van der Waals surface area contributed by atoms with E-state index < -0.39 is 0 Å². The summed E-state index contributed by atoms with van der Waals surface area (Å²) in [4.78, 5) is 11.8. The molecule has 5 heteroatoms. The van der Waals surface area contributed by atoms with Crippen molar-refractivity contribution in [3.63, 3.8) is 0 Å². The normalized spacial score (nSPS) is 10.3. The lowest BCUT2D eigenvalue weighted by Crippen LogP contribution is -2.29. The average molecular weight is 383 g/mol. The molecule has 0 spiro atoms. The van der Waals surface area contributed by atoms with Crippen LogP contribution >= 0.6 is 27.5 Å². The first-order chi connectivity index (χ1) is 10.5. The number of ether oxygens (including phenoxy) is 1. The van der Waals surface area contributed by atoms with Gasteiger partial charge in [0.1, 0.15) is 12.4 Å². The molecule has 0 heterocycles. The van der Waals surface area contributed by atoms with Gasteiger partial charge in [0.15, 0.2) is 0 Å². The number of hydrogen-bond donors (Lipinski definition) is 1. The molecule has 2 aromatic rings. The van der Waals surface area contributed by atoms with E-state index in [1.165, 1.54) is 0 Å². The van der Waals surface area contributed by atoms with Gasteiger partial charge in [-0.2, -0.15) is 0 Å². The second-order valence-electron chi connectivity index (χ2n) is 4.91. The van der Waals surface area contributed by atoms with Crippen LogP contribution in [0.1, 0.15) is 11.1 Å². The molecule has 2 rings (SSSR count). The first-order valence-electron chi connectivity index (χ1n) is 6.94. The van der Waals surface area contributed by atoms with Crippen molar-refractivity contribution in [2.45, 2.75) is 13.3 Å². The summed E-state index contributed by atoms with van der Waals surface area (Å²) in [5.74, 6) is 0.764. The highest BCUT2D eigenvalue weighted by Gasteiger charge is 2.04. The van der Waals surface area contributed by atoms with Crippen molar-refractivity contribution < 1.29 is 9.53 Å². The third-order valence-corrected chi connectivity index (χ3v) is 3.80. The summed E-state index contributed by atoms with van der Waals surface area (Å²) in [6.07, 6.45) is 0.361. The van der Waals surface area contributed by atoms with Gasteiger partial charge in [-0.1, -0.05) is 39.7 Å². The van der Waals surface area contributed by atoms with Crippen LogP contribution in [0.4, 0.5) is 0 Å². The Bertz CT molecular complexity index is 661. The van der Waals surface area contributed by atoms with E-state index in [0.29, 0.717) is 24.6 Å². The Morgan fingerprint density at radius 1 is 1.27 bits per heavy atom. The average Bonchev–Trinajstić information content (AvgIpc) is 2.45. The number of nitrogens with one attached hydrogen (secondary N) is 1. The van der Waals surface area contributed by atoms with E-state index >= 15 is 0 Å². The summed E-state index contributed by atoms with van der Waals surface area (Å²) >= 11 is 9.28. The van der Waals surface area contributed by atoms with E-state index in [4.69, 9.17) is 16.3 Å². The smallest absolute Gasteiger partial charge is 0.224 e. The number of carbonyl (C=O) groups excluding carboxylic acids is 1. The van der Waals surface area contributed by atoms with Gasteiger partial charge in [0, 0.05) is 9.50 Å². The third kappa shape index (κ3) is 5.35.